The summed E-state index contributed by atoms with van der Waals surface area (Å²) in [5.74, 6) is -2.03. The minimum Gasteiger partial charge on any atom is -0.497 e. The van der Waals surface area contributed by atoms with Gasteiger partial charge in [-0.15, -0.1) is 0 Å². The van der Waals surface area contributed by atoms with Crippen LogP contribution in [0.5, 0.6) is 5.75 Å². The van der Waals surface area contributed by atoms with E-state index in [1.165, 1.54) is 14.0 Å². The lowest BCUT2D eigenvalue weighted by Gasteiger charge is -2.29. The molecule has 0 aromatic heterocycles. The van der Waals surface area contributed by atoms with E-state index in [4.69, 9.17) is 20.4 Å². The lowest BCUT2D eigenvalue weighted by molar-refractivity contribution is -0.134. The Hall–Kier alpha value is -3.02. The zero-order chi connectivity index (χ0) is 37.3. The second-order valence-electron chi connectivity index (χ2n) is 11.2. The van der Waals surface area contributed by atoms with Crippen LogP contribution in [0.25, 0.3) is 0 Å². The Bertz CT molecular complexity index is 1400. The summed E-state index contributed by atoms with van der Waals surface area (Å²) in [7, 11) is 1.50. The molecule has 2 heterocycles. The number of epoxide rings is 1. The molecule has 3 amide bonds. The summed E-state index contributed by atoms with van der Waals surface area (Å²) in [6, 6.07) is 3.35. The van der Waals surface area contributed by atoms with Crippen molar-refractivity contribution < 1.29 is 44.4 Å². The van der Waals surface area contributed by atoms with E-state index in [9.17, 15) is 19.2 Å². The summed E-state index contributed by atoms with van der Waals surface area (Å²) in [5.41, 5.74) is -0.346. The van der Waals surface area contributed by atoms with Crippen molar-refractivity contribution in [3.63, 3.8) is 0 Å². The Morgan fingerprint density at radius 3 is 2.29 bits per heavy atom. The first-order chi connectivity index (χ1) is 23.1. The molecule has 1 aromatic rings. The molecule has 1 aliphatic carbocycles. The zero-order valence-corrected chi connectivity index (χ0v) is 24.3. The fraction of sp³-hybridized carbons (Fsp3) is 0.677. The number of Topliss-reactive ketones (excluding diaryl/α,β-unsaturated/α-hetero) is 1. The fourth-order valence-electron chi connectivity index (χ4n) is 5.17. The molecule has 232 valence electrons. The largest absolute Gasteiger partial charge is 0.497 e. The van der Waals surface area contributed by atoms with Gasteiger partial charge in [-0.2, -0.15) is 0 Å². The van der Waals surface area contributed by atoms with Crippen LogP contribution in [0.2, 0.25) is 0 Å². The zero-order valence-electron chi connectivity index (χ0n) is 32.3. The van der Waals surface area contributed by atoms with Crippen molar-refractivity contribution in [3.8, 4) is 5.75 Å². The van der Waals surface area contributed by atoms with Gasteiger partial charge in [0.15, 0.2) is 5.78 Å². The maximum atomic E-state index is 13.9. The minimum absolute atomic E-state index is 0.00129. The van der Waals surface area contributed by atoms with Gasteiger partial charge in [0.2, 0.25) is 17.7 Å². The molecule has 4 atom stereocenters. The summed E-state index contributed by atoms with van der Waals surface area (Å²) in [5, 5.41) is 7.77. The first-order valence-corrected chi connectivity index (χ1v) is 14.3. The SMILES string of the molecule is [2H]C1([2H])OC([2H])([2H])C([2H])([2H])N(CC(=O)N[C@@H](C)C(=O)N[C@@H](Cc2ccc(OC)cc2)C(=O)N[C@@H](CC2CCCCC2)C(=O)[C@@]2(C)CO2)C1([2H])[2H]. The normalized spacial score (nSPS) is 30.8. The smallest absolute Gasteiger partial charge is 0.243 e. The lowest BCUT2D eigenvalue weighted by Crippen LogP contribution is -2.57. The number of amides is 3. The number of carbonyl (C=O) groups excluding carboxylic acids is 4. The lowest BCUT2D eigenvalue weighted by atomic mass is 9.82. The minimum atomic E-state index is -3.34. The van der Waals surface area contributed by atoms with Crippen molar-refractivity contribution >= 4 is 23.5 Å². The molecule has 0 radical (unpaired) electrons. The second kappa shape index (κ2) is 14.9. The number of hydrogen-bond acceptors (Lipinski definition) is 8. The Kier molecular flexibility index (Phi) is 8.00. The van der Waals surface area contributed by atoms with E-state index in [2.05, 4.69) is 20.7 Å². The van der Waals surface area contributed by atoms with E-state index in [0.717, 1.165) is 32.1 Å². The van der Waals surface area contributed by atoms with E-state index in [-0.39, 0.29) is 29.6 Å². The third kappa shape index (κ3) is 9.24. The van der Waals surface area contributed by atoms with Gasteiger partial charge in [0, 0.05) is 24.9 Å². The van der Waals surface area contributed by atoms with Gasteiger partial charge in [-0.1, -0.05) is 44.2 Å². The molecule has 11 nitrogen and oxygen atoms in total. The average molecular weight is 595 g/mol. The van der Waals surface area contributed by atoms with Crippen LogP contribution < -0.4 is 20.7 Å². The van der Waals surface area contributed by atoms with Crippen LogP contribution in [0.3, 0.4) is 0 Å². The van der Waals surface area contributed by atoms with Crippen molar-refractivity contribution in [2.24, 2.45) is 5.92 Å². The Labute approximate surface area is 259 Å². The van der Waals surface area contributed by atoms with Crippen molar-refractivity contribution in [1.82, 2.24) is 20.9 Å². The maximum Gasteiger partial charge on any atom is 0.243 e. The van der Waals surface area contributed by atoms with Crippen LogP contribution in [0.4, 0.5) is 0 Å². The Morgan fingerprint density at radius 1 is 1.02 bits per heavy atom. The van der Waals surface area contributed by atoms with E-state index in [1.54, 1.807) is 31.2 Å². The molecular formula is C31H46N4O7. The van der Waals surface area contributed by atoms with Crippen molar-refractivity contribution in [2.75, 3.05) is 46.4 Å². The van der Waals surface area contributed by atoms with E-state index in [0.29, 0.717) is 17.7 Å². The summed E-state index contributed by atoms with van der Waals surface area (Å²) in [6.45, 7) is -11.2. The highest BCUT2D eigenvalue weighted by atomic mass is 16.6. The molecule has 2 aliphatic heterocycles. The van der Waals surface area contributed by atoms with E-state index in [1.807, 2.05) is 0 Å². The predicted octanol–water partition coefficient (Wildman–Crippen LogP) is 1.37. The van der Waals surface area contributed by atoms with E-state index >= 15 is 0 Å². The molecule has 0 spiro atoms. The van der Waals surface area contributed by atoms with Crippen molar-refractivity contribution in [2.45, 2.75) is 82.5 Å². The molecule has 42 heavy (non-hydrogen) atoms. The summed E-state index contributed by atoms with van der Waals surface area (Å²) >= 11 is 0. The number of morpholine rings is 1. The second-order valence-corrected chi connectivity index (χ2v) is 11.2. The third-order valence-electron chi connectivity index (χ3n) is 7.79. The van der Waals surface area contributed by atoms with Crippen molar-refractivity contribution in [1.29, 1.82) is 0 Å². The van der Waals surface area contributed by atoms with E-state index < -0.39 is 74.1 Å². The molecule has 2 saturated heterocycles. The Balaban J connectivity index is 1.50. The number of ether oxygens (including phenoxy) is 3. The number of nitrogens with one attached hydrogen (secondary N) is 3. The number of benzene rings is 1. The Morgan fingerprint density at radius 2 is 1.67 bits per heavy atom. The fourth-order valence-corrected chi connectivity index (χ4v) is 5.17. The summed E-state index contributed by atoms with van der Waals surface area (Å²) in [6.07, 6.45) is 5.48. The standard InChI is InChI=1S/C31H46N4O7/c1-21(32-27(36)19-35-13-15-41-16-14-35)29(38)34-26(18-23-9-11-24(40-3)12-10-23)30(39)33-25(28(37)31(2)20-42-31)17-22-7-5-4-6-8-22/h9-12,21-22,25-26H,4-8,13-20H2,1-3H3,(H,32,36)(H,33,39)(H,34,38)/t21-,25-,26-,31+/m0/s1/i13D2,14D2,15D2,16D2. The molecule has 3 aliphatic rings. The summed E-state index contributed by atoms with van der Waals surface area (Å²) < 4.78 is 78.7. The molecule has 0 unspecified atom stereocenters. The van der Waals surface area contributed by atoms with Crippen LogP contribution in [0.15, 0.2) is 24.3 Å². The van der Waals surface area contributed by atoms with Crippen LogP contribution in [0, 0.1) is 5.92 Å². The van der Waals surface area contributed by atoms with Gasteiger partial charge < -0.3 is 30.2 Å². The highest BCUT2D eigenvalue weighted by molar-refractivity contribution is 5.98. The van der Waals surface area contributed by atoms with Gasteiger partial charge >= 0.3 is 0 Å². The molecule has 11 heteroatoms. The van der Waals surface area contributed by atoms with Crippen molar-refractivity contribution in [3.05, 3.63) is 29.8 Å². The third-order valence-corrected chi connectivity index (χ3v) is 7.79. The number of carbonyl (C=O) groups is 4. The molecular weight excluding hydrogens is 540 g/mol. The van der Waals surface area contributed by atoms with Crippen LogP contribution in [-0.2, 0) is 35.1 Å². The first-order valence-electron chi connectivity index (χ1n) is 18.3. The molecule has 1 saturated carbocycles. The molecule has 1 aromatic carbocycles. The highest BCUT2D eigenvalue weighted by Crippen LogP contribution is 2.33. The number of nitrogens with zero attached hydrogens (tertiary/aromatic N) is 1. The van der Waals surface area contributed by atoms with Gasteiger partial charge in [-0.3, -0.25) is 24.1 Å². The number of ketones is 1. The number of rotatable bonds is 14. The molecule has 3 fully saturated rings. The molecule has 3 N–H and O–H groups in total. The van der Waals surface area contributed by atoms with Crippen LogP contribution in [0.1, 0.15) is 68.9 Å². The number of hydrogen-bond donors (Lipinski definition) is 3. The summed E-state index contributed by atoms with van der Waals surface area (Å²) in [4.78, 5) is 53.9. The molecule has 0 bridgehead atoms. The van der Waals surface area contributed by atoms with Gasteiger partial charge in [0.05, 0.1) is 44.9 Å². The van der Waals surface area contributed by atoms with Gasteiger partial charge in [-0.25, -0.2) is 0 Å². The quantitative estimate of drug-likeness (QED) is 0.275. The maximum absolute atomic E-state index is 13.9. The predicted molar refractivity (Wildman–Crippen MR) is 156 cm³/mol. The molecule has 4 rings (SSSR count). The van der Waals surface area contributed by atoms with Crippen LogP contribution >= 0.6 is 0 Å². The van der Waals surface area contributed by atoms with Gasteiger partial charge in [0.1, 0.15) is 23.4 Å². The monoisotopic (exact) mass is 594 g/mol. The van der Waals surface area contributed by atoms with Gasteiger partial charge in [0.25, 0.3) is 0 Å². The van der Waals surface area contributed by atoms with Gasteiger partial charge in [-0.05, 0) is 43.9 Å². The number of methoxy groups -OCH3 is 1. The average Bonchev–Trinajstić information content (AvgIpc) is 3.80. The topological polar surface area (TPSA) is 139 Å². The first kappa shape index (κ1) is 22.5. The van der Waals surface area contributed by atoms with Crippen LogP contribution in [-0.4, -0.2) is 98.5 Å². The highest BCUT2D eigenvalue weighted by Gasteiger charge is 2.50.